The van der Waals surface area contributed by atoms with Gasteiger partial charge in [-0.05, 0) is 49.7 Å². The fourth-order valence-electron chi connectivity index (χ4n) is 2.93. The normalized spacial score (nSPS) is 19.4. The quantitative estimate of drug-likeness (QED) is 0.633. The first kappa shape index (κ1) is 20.1. The van der Waals surface area contributed by atoms with Crippen LogP contribution in [0.25, 0.3) is 0 Å². The van der Waals surface area contributed by atoms with Crippen molar-refractivity contribution < 1.29 is 14.3 Å². The van der Waals surface area contributed by atoms with Gasteiger partial charge in [0, 0.05) is 21.4 Å². The number of rotatable bonds is 4. The second-order valence-electron chi connectivity index (χ2n) is 6.46. The highest BCUT2D eigenvalue weighted by molar-refractivity contribution is 7.99. The Morgan fingerprint density at radius 1 is 1.11 bits per heavy atom. The molecule has 0 bridgehead atoms. The lowest BCUT2D eigenvalue weighted by atomic mass is 10.1. The molecule has 1 fully saturated rings. The predicted octanol–water partition coefficient (Wildman–Crippen LogP) is 5.20. The van der Waals surface area contributed by atoms with E-state index < -0.39 is 12.0 Å². The number of amides is 1. The maximum atomic E-state index is 13.3. The molecule has 2 atom stereocenters. The first-order valence-electron chi connectivity index (χ1n) is 8.52. The monoisotopic (exact) mass is 423 g/mol. The second-order valence-corrected chi connectivity index (χ2v) is 8.45. The van der Waals surface area contributed by atoms with E-state index >= 15 is 0 Å². The summed E-state index contributed by atoms with van der Waals surface area (Å²) in [5, 5.41) is 0.713. The van der Waals surface area contributed by atoms with E-state index in [9.17, 15) is 9.59 Å². The average Bonchev–Trinajstić information content (AvgIpc) is 3.05. The van der Waals surface area contributed by atoms with Crippen LogP contribution < -0.4 is 0 Å². The Kier molecular flexibility index (Phi) is 6.35. The lowest BCUT2D eigenvalue weighted by molar-refractivity contribution is -0.151. The number of carbonyl (C=O) groups is 2. The molecule has 27 heavy (non-hydrogen) atoms. The predicted molar refractivity (Wildman–Crippen MR) is 109 cm³/mol. The third kappa shape index (κ3) is 4.60. The van der Waals surface area contributed by atoms with Gasteiger partial charge in [0.25, 0.3) is 5.91 Å². The third-order valence-corrected chi connectivity index (χ3v) is 5.86. The molecular formula is C20H19Cl2NO3S. The fraction of sp³-hybridized carbons (Fsp3) is 0.300. The van der Waals surface area contributed by atoms with Gasteiger partial charge < -0.3 is 9.64 Å². The standard InChI is InChI=1S/C20H19Cl2NO3S/c1-12(2)26-20(25)17-11-27-19(14-6-4-8-16(22)10-14)23(17)18(24)13-5-3-7-15(21)9-13/h3-10,12,17,19H,11H2,1-2H3. The number of ether oxygens (including phenoxy) is 1. The van der Waals surface area contributed by atoms with E-state index in [1.54, 1.807) is 49.1 Å². The molecule has 1 aliphatic heterocycles. The number of benzene rings is 2. The van der Waals surface area contributed by atoms with Crippen LogP contribution in [-0.4, -0.2) is 34.7 Å². The first-order chi connectivity index (χ1) is 12.9. The van der Waals surface area contributed by atoms with Crippen LogP contribution >= 0.6 is 35.0 Å². The number of carbonyl (C=O) groups excluding carboxylic acids is 2. The van der Waals surface area contributed by atoms with Crippen molar-refractivity contribution in [2.75, 3.05) is 5.75 Å². The van der Waals surface area contributed by atoms with Crippen molar-refractivity contribution in [2.45, 2.75) is 31.4 Å². The summed E-state index contributed by atoms with van der Waals surface area (Å²) in [5.74, 6) is -0.217. The maximum Gasteiger partial charge on any atom is 0.330 e. The van der Waals surface area contributed by atoms with Gasteiger partial charge in [-0.3, -0.25) is 4.79 Å². The molecule has 2 aromatic rings. The van der Waals surface area contributed by atoms with Crippen LogP contribution in [0.4, 0.5) is 0 Å². The van der Waals surface area contributed by atoms with E-state index in [0.717, 1.165) is 5.56 Å². The Morgan fingerprint density at radius 3 is 2.41 bits per heavy atom. The molecule has 142 valence electrons. The summed E-state index contributed by atoms with van der Waals surface area (Å²) >= 11 is 13.7. The van der Waals surface area contributed by atoms with Gasteiger partial charge in [0.05, 0.1) is 6.10 Å². The van der Waals surface area contributed by atoms with E-state index in [4.69, 9.17) is 27.9 Å². The number of esters is 1. The van der Waals surface area contributed by atoms with E-state index in [2.05, 4.69) is 0 Å². The van der Waals surface area contributed by atoms with Crippen LogP contribution in [0.3, 0.4) is 0 Å². The molecule has 7 heteroatoms. The fourth-order valence-corrected chi connectivity index (χ4v) is 4.73. The summed E-state index contributed by atoms with van der Waals surface area (Å²) in [6, 6.07) is 13.4. The van der Waals surface area contributed by atoms with Gasteiger partial charge >= 0.3 is 5.97 Å². The molecule has 0 aliphatic carbocycles. The van der Waals surface area contributed by atoms with E-state index in [1.807, 2.05) is 18.2 Å². The van der Waals surface area contributed by atoms with Gasteiger partial charge in [0.15, 0.2) is 0 Å². The van der Waals surface area contributed by atoms with Crippen molar-refractivity contribution >= 4 is 46.8 Å². The minimum Gasteiger partial charge on any atom is -0.461 e. The number of thioether (sulfide) groups is 1. The van der Waals surface area contributed by atoms with Crippen molar-refractivity contribution in [2.24, 2.45) is 0 Å². The van der Waals surface area contributed by atoms with Crippen LogP contribution in [0, 0.1) is 0 Å². The highest BCUT2D eigenvalue weighted by atomic mass is 35.5. The average molecular weight is 424 g/mol. The number of nitrogens with zero attached hydrogens (tertiary/aromatic N) is 1. The molecule has 4 nitrogen and oxygen atoms in total. The zero-order valence-electron chi connectivity index (χ0n) is 14.9. The number of hydrogen-bond donors (Lipinski definition) is 0. The lowest BCUT2D eigenvalue weighted by Gasteiger charge is -2.29. The second kappa shape index (κ2) is 8.55. The third-order valence-electron chi connectivity index (χ3n) is 4.06. The molecule has 0 aromatic heterocycles. The zero-order chi connectivity index (χ0) is 19.6. The van der Waals surface area contributed by atoms with Crippen LogP contribution in [0.1, 0.15) is 35.1 Å². The summed E-state index contributed by atoms with van der Waals surface area (Å²) < 4.78 is 5.38. The van der Waals surface area contributed by atoms with Crippen LogP contribution in [0.5, 0.6) is 0 Å². The van der Waals surface area contributed by atoms with Crippen LogP contribution in [0.2, 0.25) is 10.0 Å². The first-order valence-corrected chi connectivity index (χ1v) is 10.3. The summed E-state index contributed by atoms with van der Waals surface area (Å²) in [6.07, 6.45) is -0.254. The van der Waals surface area contributed by atoms with E-state index in [0.29, 0.717) is 21.4 Å². The van der Waals surface area contributed by atoms with Crippen molar-refractivity contribution in [1.29, 1.82) is 0 Å². The van der Waals surface area contributed by atoms with Gasteiger partial charge in [-0.15, -0.1) is 11.8 Å². The van der Waals surface area contributed by atoms with E-state index in [-0.39, 0.29) is 17.4 Å². The van der Waals surface area contributed by atoms with Gasteiger partial charge in [-0.25, -0.2) is 4.79 Å². The van der Waals surface area contributed by atoms with Gasteiger partial charge in [-0.2, -0.15) is 0 Å². The van der Waals surface area contributed by atoms with Crippen molar-refractivity contribution in [3.63, 3.8) is 0 Å². The molecule has 0 radical (unpaired) electrons. The van der Waals surface area contributed by atoms with Crippen LogP contribution in [-0.2, 0) is 9.53 Å². The summed E-state index contributed by atoms with van der Waals surface area (Å²) in [5.41, 5.74) is 1.29. The maximum absolute atomic E-state index is 13.3. The topological polar surface area (TPSA) is 46.6 Å². The Labute approximate surface area is 172 Å². The Morgan fingerprint density at radius 2 is 1.78 bits per heavy atom. The van der Waals surface area contributed by atoms with Gasteiger partial charge in [-0.1, -0.05) is 41.4 Å². The summed E-state index contributed by atoms with van der Waals surface area (Å²) in [7, 11) is 0. The molecule has 1 aliphatic rings. The molecule has 2 unspecified atom stereocenters. The van der Waals surface area contributed by atoms with Crippen molar-refractivity contribution in [1.82, 2.24) is 4.90 Å². The molecular weight excluding hydrogens is 405 g/mol. The lowest BCUT2D eigenvalue weighted by Crippen LogP contribution is -2.44. The Balaban J connectivity index is 1.98. The highest BCUT2D eigenvalue weighted by Gasteiger charge is 2.43. The zero-order valence-corrected chi connectivity index (χ0v) is 17.2. The van der Waals surface area contributed by atoms with E-state index in [1.165, 1.54) is 11.8 Å². The van der Waals surface area contributed by atoms with Crippen LogP contribution in [0.15, 0.2) is 48.5 Å². The Hall–Kier alpha value is -1.69. The highest BCUT2D eigenvalue weighted by Crippen LogP contribution is 2.43. The summed E-state index contributed by atoms with van der Waals surface area (Å²) in [6.45, 7) is 3.58. The van der Waals surface area contributed by atoms with Gasteiger partial charge in [0.2, 0.25) is 0 Å². The van der Waals surface area contributed by atoms with Crippen molar-refractivity contribution in [3.8, 4) is 0 Å². The molecule has 3 rings (SSSR count). The largest absolute Gasteiger partial charge is 0.461 e. The minimum atomic E-state index is -0.673. The minimum absolute atomic E-state index is 0.254. The molecule has 1 saturated heterocycles. The van der Waals surface area contributed by atoms with Crippen molar-refractivity contribution in [3.05, 3.63) is 69.7 Å². The molecule has 1 amide bonds. The summed E-state index contributed by atoms with van der Waals surface area (Å²) in [4.78, 5) is 27.5. The molecule has 2 aromatic carbocycles. The smallest absolute Gasteiger partial charge is 0.330 e. The molecule has 0 N–H and O–H groups in total. The Bertz CT molecular complexity index is 859. The molecule has 0 spiro atoms. The molecule has 1 heterocycles. The molecule has 0 saturated carbocycles. The SMILES string of the molecule is CC(C)OC(=O)C1CSC(c2cccc(Cl)c2)N1C(=O)c1cccc(Cl)c1. The number of hydrogen-bond acceptors (Lipinski definition) is 4. The number of halogens is 2. The van der Waals surface area contributed by atoms with Gasteiger partial charge in [0.1, 0.15) is 11.4 Å².